The first kappa shape index (κ1) is 23.4. The Morgan fingerprint density at radius 1 is 0.971 bits per heavy atom. The molecule has 0 spiro atoms. The third kappa shape index (κ3) is 4.75. The number of benzene rings is 2. The zero-order valence-corrected chi connectivity index (χ0v) is 19.4. The van der Waals surface area contributed by atoms with Crippen LogP contribution in [0.25, 0.3) is 11.1 Å². The van der Waals surface area contributed by atoms with Crippen molar-refractivity contribution in [2.45, 2.75) is 43.7 Å². The van der Waals surface area contributed by atoms with Crippen molar-refractivity contribution < 1.29 is 29.0 Å². The van der Waals surface area contributed by atoms with Gasteiger partial charge in [0.15, 0.2) is 6.10 Å². The van der Waals surface area contributed by atoms with E-state index in [1.807, 2.05) is 24.3 Å². The molecule has 2 fully saturated rings. The predicted molar refractivity (Wildman–Crippen MR) is 128 cm³/mol. The van der Waals surface area contributed by atoms with Crippen molar-refractivity contribution in [1.82, 2.24) is 10.6 Å². The maximum absolute atomic E-state index is 12.8. The zero-order chi connectivity index (χ0) is 24.4. The highest BCUT2D eigenvalue weighted by Gasteiger charge is 2.38. The molecule has 1 heterocycles. The summed E-state index contributed by atoms with van der Waals surface area (Å²) in [7, 11) is 0. The number of nitrogens with one attached hydrogen (secondary N) is 2. The lowest BCUT2D eigenvalue weighted by molar-refractivity contribution is -0.149. The van der Waals surface area contributed by atoms with Crippen LogP contribution < -0.4 is 10.6 Å². The molecule has 0 aromatic heterocycles. The van der Waals surface area contributed by atoms with Crippen molar-refractivity contribution in [3.63, 3.8) is 0 Å². The molecule has 2 aromatic rings. The van der Waals surface area contributed by atoms with Crippen molar-refractivity contribution in [3.8, 4) is 11.1 Å². The quantitative estimate of drug-likeness (QED) is 0.563. The summed E-state index contributed by atoms with van der Waals surface area (Å²) < 4.78 is 10.9. The summed E-state index contributed by atoms with van der Waals surface area (Å²) in [5.41, 5.74) is 4.63. The maximum atomic E-state index is 12.8. The Bertz CT molecular complexity index is 1070. The van der Waals surface area contributed by atoms with Crippen LogP contribution in [-0.2, 0) is 19.1 Å². The standard InChI is InChI=1S/C27H30N2O6/c30-25(28-14-16-12-13-34-24(16)26(31)32)21-10-5-11-23(21)29-27(33)35-15-22-19-8-3-1-6-17(19)18-7-2-4-9-20(18)22/h1-4,6-9,16,21-24H,5,10-15H2,(H,28,30)(H,29,33)(H,31,32)/t16?,21-,23+,24?/m1/s1. The number of alkyl carbamates (subject to hydrolysis) is 1. The Balaban J connectivity index is 1.15. The van der Waals surface area contributed by atoms with Crippen LogP contribution in [0.1, 0.15) is 42.7 Å². The van der Waals surface area contributed by atoms with Gasteiger partial charge in [0, 0.05) is 31.0 Å². The number of amides is 2. The van der Waals surface area contributed by atoms with Gasteiger partial charge in [0.2, 0.25) is 5.91 Å². The van der Waals surface area contributed by atoms with Crippen molar-refractivity contribution in [3.05, 3.63) is 59.7 Å². The topological polar surface area (TPSA) is 114 Å². The Kier molecular flexibility index (Phi) is 6.72. The lowest BCUT2D eigenvalue weighted by Crippen LogP contribution is -2.46. The van der Waals surface area contributed by atoms with Gasteiger partial charge in [0.1, 0.15) is 6.61 Å². The fourth-order valence-corrected chi connectivity index (χ4v) is 5.72. The molecule has 4 atom stereocenters. The number of carbonyl (C=O) groups is 3. The van der Waals surface area contributed by atoms with Gasteiger partial charge in [0.25, 0.3) is 0 Å². The number of fused-ring (bicyclic) bond motifs is 3. The lowest BCUT2D eigenvalue weighted by Gasteiger charge is -2.22. The molecular weight excluding hydrogens is 448 g/mol. The van der Waals surface area contributed by atoms with Gasteiger partial charge in [-0.15, -0.1) is 0 Å². The van der Waals surface area contributed by atoms with Gasteiger partial charge in [-0.05, 0) is 41.5 Å². The van der Waals surface area contributed by atoms with Gasteiger partial charge < -0.3 is 25.2 Å². The highest BCUT2D eigenvalue weighted by Crippen LogP contribution is 2.44. The van der Waals surface area contributed by atoms with Gasteiger partial charge in [-0.2, -0.15) is 0 Å². The number of aliphatic carboxylic acids is 1. The second-order valence-corrected chi connectivity index (χ2v) is 9.54. The minimum Gasteiger partial charge on any atom is -0.479 e. The molecule has 35 heavy (non-hydrogen) atoms. The average molecular weight is 479 g/mol. The molecule has 5 rings (SSSR count). The van der Waals surface area contributed by atoms with Crippen molar-refractivity contribution in [2.75, 3.05) is 19.8 Å². The number of ether oxygens (including phenoxy) is 2. The molecule has 2 aromatic carbocycles. The molecule has 2 unspecified atom stereocenters. The van der Waals surface area contributed by atoms with Crippen molar-refractivity contribution in [2.24, 2.45) is 11.8 Å². The van der Waals surface area contributed by atoms with E-state index in [4.69, 9.17) is 9.47 Å². The first-order chi connectivity index (χ1) is 17.0. The van der Waals surface area contributed by atoms with E-state index >= 15 is 0 Å². The second-order valence-electron chi connectivity index (χ2n) is 9.54. The molecular formula is C27H30N2O6. The van der Waals surface area contributed by atoms with E-state index in [1.165, 1.54) is 11.1 Å². The third-order valence-corrected chi connectivity index (χ3v) is 7.50. The summed E-state index contributed by atoms with van der Waals surface area (Å²) in [6.07, 6.45) is 1.40. The zero-order valence-electron chi connectivity index (χ0n) is 19.4. The van der Waals surface area contributed by atoms with Crippen LogP contribution in [0.15, 0.2) is 48.5 Å². The summed E-state index contributed by atoms with van der Waals surface area (Å²) in [6.45, 7) is 0.860. The number of hydrogen-bond acceptors (Lipinski definition) is 5. The van der Waals surface area contributed by atoms with Crippen LogP contribution in [0.5, 0.6) is 0 Å². The van der Waals surface area contributed by atoms with E-state index in [-0.39, 0.29) is 42.9 Å². The van der Waals surface area contributed by atoms with Crippen LogP contribution in [0.2, 0.25) is 0 Å². The van der Waals surface area contributed by atoms with Gasteiger partial charge in [-0.3, -0.25) is 4.79 Å². The van der Waals surface area contributed by atoms with Gasteiger partial charge in [-0.25, -0.2) is 9.59 Å². The van der Waals surface area contributed by atoms with E-state index in [1.54, 1.807) is 0 Å². The minimum atomic E-state index is -1.00. The fraction of sp³-hybridized carbons (Fsp3) is 0.444. The van der Waals surface area contributed by atoms with Crippen LogP contribution >= 0.6 is 0 Å². The largest absolute Gasteiger partial charge is 0.479 e. The number of carbonyl (C=O) groups excluding carboxylic acids is 2. The monoisotopic (exact) mass is 478 g/mol. The van der Waals surface area contributed by atoms with E-state index in [9.17, 15) is 19.5 Å². The summed E-state index contributed by atoms with van der Waals surface area (Å²) in [4.78, 5) is 36.8. The summed E-state index contributed by atoms with van der Waals surface area (Å²) in [5, 5.41) is 15.0. The van der Waals surface area contributed by atoms with Gasteiger partial charge >= 0.3 is 12.1 Å². The predicted octanol–water partition coefficient (Wildman–Crippen LogP) is 3.30. The third-order valence-electron chi connectivity index (χ3n) is 7.50. The Morgan fingerprint density at radius 3 is 2.34 bits per heavy atom. The van der Waals surface area contributed by atoms with Crippen LogP contribution in [0.4, 0.5) is 4.79 Å². The second kappa shape index (κ2) is 10.1. The van der Waals surface area contributed by atoms with E-state index < -0.39 is 18.2 Å². The number of carboxylic acids is 1. The van der Waals surface area contributed by atoms with E-state index in [0.29, 0.717) is 25.9 Å². The molecule has 2 aliphatic carbocycles. The van der Waals surface area contributed by atoms with Crippen LogP contribution in [0, 0.1) is 11.8 Å². The molecule has 0 bridgehead atoms. The first-order valence-corrected chi connectivity index (χ1v) is 12.3. The van der Waals surface area contributed by atoms with Crippen molar-refractivity contribution >= 4 is 18.0 Å². The minimum absolute atomic E-state index is 0.0216. The molecule has 8 heteroatoms. The molecule has 3 aliphatic rings. The first-order valence-electron chi connectivity index (χ1n) is 12.3. The summed E-state index contributed by atoms with van der Waals surface area (Å²) in [5.74, 6) is -1.79. The van der Waals surface area contributed by atoms with Gasteiger partial charge in [0.05, 0.1) is 5.92 Å². The normalized spacial score (nSPS) is 25.0. The lowest BCUT2D eigenvalue weighted by atomic mass is 9.98. The SMILES string of the molecule is O=C(N[C@H]1CCC[C@H]1C(=O)NCC1CCOC1C(=O)O)OCC1c2ccccc2-c2ccccc21. The van der Waals surface area contributed by atoms with E-state index in [2.05, 4.69) is 34.9 Å². The highest BCUT2D eigenvalue weighted by atomic mass is 16.5. The smallest absolute Gasteiger partial charge is 0.407 e. The molecule has 184 valence electrons. The Hall–Kier alpha value is -3.39. The molecule has 0 radical (unpaired) electrons. The molecule has 3 N–H and O–H groups in total. The summed E-state index contributed by atoms with van der Waals surface area (Å²) in [6, 6.07) is 16.0. The number of rotatable bonds is 7. The molecule has 1 saturated carbocycles. The molecule has 8 nitrogen and oxygen atoms in total. The fourth-order valence-electron chi connectivity index (χ4n) is 5.72. The highest BCUT2D eigenvalue weighted by molar-refractivity contribution is 5.81. The maximum Gasteiger partial charge on any atom is 0.407 e. The Morgan fingerprint density at radius 2 is 1.66 bits per heavy atom. The number of hydrogen-bond donors (Lipinski definition) is 3. The van der Waals surface area contributed by atoms with E-state index in [0.717, 1.165) is 17.5 Å². The Labute approximate surface area is 204 Å². The molecule has 1 aliphatic heterocycles. The molecule has 2 amide bonds. The van der Waals surface area contributed by atoms with Crippen molar-refractivity contribution in [1.29, 1.82) is 0 Å². The molecule has 1 saturated heterocycles. The van der Waals surface area contributed by atoms with Crippen LogP contribution in [-0.4, -0.2) is 55.0 Å². The van der Waals surface area contributed by atoms with Gasteiger partial charge in [-0.1, -0.05) is 55.0 Å². The average Bonchev–Trinajstić information content (AvgIpc) is 3.59. The van der Waals surface area contributed by atoms with Crippen LogP contribution in [0.3, 0.4) is 0 Å². The number of carboxylic acid groups (broad SMARTS) is 1. The summed E-state index contributed by atoms with van der Waals surface area (Å²) >= 11 is 0.